The van der Waals surface area contributed by atoms with Crippen LogP contribution in [0.1, 0.15) is 19.4 Å². The number of nitrogens with zero attached hydrogens (tertiary/aromatic N) is 1. The topological polar surface area (TPSA) is 72.0 Å². The minimum absolute atomic E-state index is 0.0214. The monoisotopic (exact) mass is 405 g/mol. The summed E-state index contributed by atoms with van der Waals surface area (Å²) in [6, 6.07) is 12.3. The normalized spacial score (nSPS) is 10.8. The Morgan fingerprint density at radius 1 is 1.24 bits per heavy atom. The average Bonchev–Trinajstić information content (AvgIpc) is 2.57. The zero-order valence-electron chi connectivity index (χ0n) is 14.2. The molecule has 25 heavy (non-hydrogen) atoms. The highest BCUT2D eigenvalue weighted by atomic mass is 79.9. The molecular formula is C18H20BrN3O3. The number of carbonyl (C=O) groups excluding carboxylic acids is 1. The molecule has 0 aliphatic carbocycles. The lowest BCUT2D eigenvalue weighted by atomic mass is 10.2. The van der Waals surface area contributed by atoms with Crippen LogP contribution in [0.2, 0.25) is 0 Å². The van der Waals surface area contributed by atoms with E-state index in [0.29, 0.717) is 17.2 Å². The van der Waals surface area contributed by atoms with Crippen LogP contribution in [0.25, 0.3) is 0 Å². The van der Waals surface area contributed by atoms with Crippen molar-refractivity contribution < 1.29 is 14.3 Å². The van der Waals surface area contributed by atoms with Gasteiger partial charge in [0.15, 0.2) is 11.5 Å². The molecule has 132 valence electrons. The predicted octanol–water partition coefficient (Wildman–Crippen LogP) is 4.40. The molecule has 7 heteroatoms. The fourth-order valence-corrected chi connectivity index (χ4v) is 2.56. The molecule has 0 atom stereocenters. The van der Waals surface area contributed by atoms with Gasteiger partial charge in [0.25, 0.3) is 0 Å². The largest absolute Gasteiger partial charge is 0.493 e. The van der Waals surface area contributed by atoms with Gasteiger partial charge < -0.3 is 14.8 Å². The van der Waals surface area contributed by atoms with E-state index in [2.05, 4.69) is 31.8 Å². The van der Waals surface area contributed by atoms with Crippen LogP contribution in [0.5, 0.6) is 11.5 Å². The Hall–Kier alpha value is -2.54. The number of para-hydroxylation sites is 1. The Morgan fingerprint density at radius 3 is 2.60 bits per heavy atom. The van der Waals surface area contributed by atoms with Gasteiger partial charge in [-0.05, 0) is 59.6 Å². The van der Waals surface area contributed by atoms with E-state index in [-0.39, 0.29) is 6.10 Å². The first-order valence-corrected chi connectivity index (χ1v) is 8.48. The smallest absolute Gasteiger partial charge is 0.339 e. The highest BCUT2D eigenvalue weighted by Gasteiger charge is 2.12. The third kappa shape index (κ3) is 5.79. The van der Waals surface area contributed by atoms with Gasteiger partial charge in [-0.25, -0.2) is 10.2 Å². The van der Waals surface area contributed by atoms with Crippen LogP contribution in [-0.2, 0) is 0 Å². The zero-order valence-corrected chi connectivity index (χ0v) is 15.8. The van der Waals surface area contributed by atoms with Gasteiger partial charge in [-0.15, -0.1) is 0 Å². The summed E-state index contributed by atoms with van der Waals surface area (Å²) in [5.74, 6) is 1.21. The first-order valence-electron chi connectivity index (χ1n) is 7.69. The molecule has 2 N–H and O–H groups in total. The van der Waals surface area contributed by atoms with E-state index >= 15 is 0 Å². The lowest BCUT2D eigenvalue weighted by Crippen LogP contribution is -2.24. The maximum Gasteiger partial charge on any atom is 0.339 e. The molecule has 0 unspecified atom stereocenters. The molecule has 2 aromatic rings. The molecule has 0 aliphatic rings. The Morgan fingerprint density at radius 2 is 1.96 bits per heavy atom. The number of rotatable bonds is 6. The summed E-state index contributed by atoms with van der Waals surface area (Å²) in [7, 11) is 1.57. The van der Waals surface area contributed by atoms with E-state index in [4.69, 9.17) is 9.47 Å². The summed E-state index contributed by atoms with van der Waals surface area (Å²) in [6.07, 6.45) is 1.55. The molecule has 0 saturated carbocycles. The Balaban J connectivity index is 2.03. The molecule has 2 aromatic carbocycles. The highest BCUT2D eigenvalue weighted by molar-refractivity contribution is 9.10. The molecule has 2 rings (SSSR count). The summed E-state index contributed by atoms with van der Waals surface area (Å²) < 4.78 is 11.8. The van der Waals surface area contributed by atoms with E-state index < -0.39 is 6.03 Å². The van der Waals surface area contributed by atoms with E-state index in [1.165, 1.54) is 6.21 Å². The van der Waals surface area contributed by atoms with Gasteiger partial charge in [-0.2, -0.15) is 5.10 Å². The van der Waals surface area contributed by atoms with Crippen LogP contribution in [0.15, 0.2) is 52.0 Å². The quantitative estimate of drug-likeness (QED) is 0.552. The van der Waals surface area contributed by atoms with E-state index in [9.17, 15) is 4.79 Å². The number of urea groups is 1. The SMILES string of the molecule is COc1cc(/C=N/NC(=O)Nc2ccccc2)cc(Br)c1OC(C)C. The molecule has 0 aliphatic heterocycles. The van der Waals surface area contributed by atoms with Crippen molar-refractivity contribution in [1.82, 2.24) is 5.43 Å². The average molecular weight is 406 g/mol. The van der Waals surface area contributed by atoms with Crippen LogP contribution in [0, 0.1) is 0 Å². The van der Waals surface area contributed by atoms with Gasteiger partial charge in [0.2, 0.25) is 0 Å². The summed E-state index contributed by atoms with van der Waals surface area (Å²) in [6.45, 7) is 3.88. The minimum Gasteiger partial charge on any atom is -0.493 e. The molecule has 0 aromatic heterocycles. The summed E-state index contributed by atoms with van der Waals surface area (Å²) >= 11 is 3.47. The molecular weight excluding hydrogens is 386 g/mol. The molecule has 0 spiro atoms. The second-order valence-corrected chi connectivity index (χ2v) is 6.25. The van der Waals surface area contributed by atoms with Crippen LogP contribution >= 0.6 is 15.9 Å². The van der Waals surface area contributed by atoms with Gasteiger partial charge in [0.1, 0.15) is 0 Å². The first-order chi connectivity index (χ1) is 12.0. The summed E-state index contributed by atoms with van der Waals surface area (Å²) in [4.78, 5) is 11.8. The number of ether oxygens (including phenoxy) is 2. The molecule has 0 radical (unpaired) electrons. The van der Waals surface area contributed by atoms with Gasteiger partial charge in [-0.1, -0.05) is 18.2 Å². The fraction of sp³-hybridized carbons (Fsp3) is 0.222. The maximum absolute atomic E-state index is 11.8. The van der Waals surface area contributed by atoms with E-state index in [1.54, 1.807) is 25.3 Å². The first kappa shape index (κ1) is 18.8. The lowest BCUT2D eigenvalue weighted by molar-refractivity contribution is 0.228. The van der Waals surface area contributed by atoms with Crippen molar-refractivity contribution in [1.29, 1.82) is 0 Å². The Kier molecular flexibility index (Phi) is 6.82. The van der Waals surface area contributed by atoms with Crippen molar-refractivity contribution in [2.45, 2.75) is 20.0 Å². The van der Waals surface area contributed by atoms with Crippen LogP contribution < -0.4 is 20.2 Å². The van der Waals surface area contributed by atoms with Crippen LogP contribution in [0.4, 0.5) is 10.5 Å². The van der Waals surface area contributed by atoms with Gasteiger partial charge in [-0.3, -0.25) is 0 Å². The number of anilines is 1. The maximum atomic E-state index is 11.8. The number of benzene rings is 2. The third-order valence-corrected chi connectivity index (χ3v) is 3.61. The number of halogens is 1. The number of hydrogen-bond acceptors (Lipinski definition) is 4. The second-order valence-electron chi connectivity index (χ2n) is 5.39. The Labute approximate surface area is 155 Å². The Bertz CT molecular complexity index is 749. The fourth-order valence-electron chi connectivity index (χ4n) is 2.01. The van der Waals surface area contributed by atoms with Gasteiger partial charge >= 0.3 is 6.03 Å². The van der Waals surface area contributed by atoms with Crippen molar-refractivity contribution >= 4 is 33.9 Å². The summed E-state index contributed by atoms with van der Waals surface area (Å²) in [5.41, 5.74) is 3.85. The number of amides is 2. The van der Waals surface area contributed by atoms with Crippen molar-refractivity contribution in [3.63, 3.8) is 0 Å². The second kappa shape index (κ2) is 9.08. The van der Waals surface area contributed by atoms with E-state index in [1.807, 2.05) is 38.1 Å². The number of hydrogen-bond donors (Lipinski definition) is 2. The van der Waals surface area contributed by atoms with Crippen molar-refractivity contribution in [2.24, 2.45) is 5.10 Å². The number of hydrazone groups is 1. The molecule has 0 bridgehead atoms. The van der Waals surface area contributed by atoms with Crippen molar-refractivity contribution in [3.8, 4) is 11.5 Å². The number of nitrogens with one attached hydrogen (secondary N) is 2. The molecule has 0 heterocycles. The van der Waals surface area contributed by atoms with Crippen molar-refractivity contribution in [3.05, 3.63) is 52.5 Å². The molecule has 6 nitrogen and oxygen atoms in total. The van der Waals surface area contributed by atoms with Crippen LogP contribution in [0.3, 0.4) is 0 Å². The predicted molar refractivity (Wildman–Crippen MR) is 103 cm³/mol. The molecule has 0 fully saturated rings. The van der Waals surface area contributed by atoms with Crippen molar-refractivity contribution in [2.75, 3.05) is 12.4 Å². The van der Waals surface area contributed by atoms with Crippen LogP contribution in [-0.4, -0.2) is 25.5 Å². The highest BCUT2D eigenvalue weighted by Crippen LogP contribution is 2.36. The van der Waals surface area contributed by atoms with Gasteiger partial charge in [0, 0.05) is 5.69 Å². The standard InChI is InChI=1S/C18H20BrN3O3/c1-12(2)25-17-15(19)9-13(10-16(17)24-3)11-20-22-18(23)21-14-7-5-4-6-8-14/h4-12H,1-3H3,(H2,21,22,23)/b20-11+. The number of methoxy groups -OCH3 is 1. The molecule has 2 amide bonds. The molecule has 0 saturated heterocycles. The zero-order chi connectivity index (χ0) is 18.2. The minimum atomic E-state index is -0.423. The number of carbonyl (C=O) groups is 1. The third-order valence-electron chi connectivity index (χ3n) is 3.02. The van der Waals surface area contributed by atoms with E-state index in [0.717, 1.165) is 10.0 Å². The summed E-state index contributed by atoms with van der Waals surface area (Å²) in [5, 5.41) is 6.62. The lowest BCUT2D eigenvalue weighted by Gasteiger charge is -2.15. The van der Waals surface area contributed by atoms with Gasteiger partial charge in [0.05, 0.1) is 23.9 Å².